The summed E-state index contributed by atoms with van der Waals surface area (Å²) >= 11 is 0. The van der Waals surface area contributed by atoms with Crippen molar-refractivity contribution in [1.29, 1.82) is 0 Å². The van der Waals surface area contributed by atoms with Gasteiger partial charge in [-0.1, -0.05) is 12.1 Å². The normalized spacial score (nSPS) is 19.5. The molecule has 0 saturated carbocycles. The second-order valence-electron chi connectivity index (χ2n) is 6.74. The van der Waals surface area contributed by atoms with Gasteiger partial charge in [0.05, 0.1) is 18.6 Å². The molecular formula is C17H19N3O7S. The quantitative estimate of drug-likeness (QED) is 0.227. The highest BCUT2D eigenvalue weighted by Crippen LogP contribution is 2.35. The van der Waals surface area contributed by atoms with E-state index in [-0.39, 0.29) is 13.0 Å². The minimum absolute atomic E-state index is 0.196. The molecule has 1 N–H and O–H groups in total. The number of nitro benzene ring substituents is 1. The van der Waals surface area contributed by atoms with Crippen LogP contribution in [0.4, 0.5) is 5.69 Å². The Labute approximate surface area is 162 Å². The summed E-state index contributed by atoms with van der Waals surface area (Å²) < 4.78 is 32.5. The van der Waals surface area contributed by atoms with Crippen LogP contribution in [0.5, 0.6) is 0 Å². The van der Waals surface area contributed by atoms with E-state index in [9.17, 15) is 28.1 Å². The van der Waals surface area contributed by atoms with Gasteiger partial charge in [0, 0.05) is 12.5 Å². The van der Waals surface area contributed by atoms with Crippen molar-refractivity contribution in [2.45, 2.75) is 36.2 Å². The van der Waals surface area contributed by atoms with Gasteiger partial charge >= 0.3 is 5.97 Å². The third kappa shape index (κ3) is 3.44. The van der Waals surface area contributed by atoms with Gasteiger partial charge in [-0.15, -0.1) is 12.3 Å². The summed E-state index contributed by atoms with van der Waals surface area (Å²) in [6.45, 7) is 2.71. The molecule has 1 aliphatic rings. The first-order valence-electron chi connectivity index (χ1n) is 8.04. The molecular weight excluding hydrogens is 390 g/mol. The molecule has 0 spiro atoms. The number of nitrogens with zero attached hydrogens (tertiary/aromatic N) is 2. The number of methoxy groups -OCH3 is 1. The Morgan fingerprint density at radius 2 is 2.07 bits per heavy atom. The fourth-order valence-corrected chi connectivity index (χ4v) is 4.48. The average molecular weight is 409 g/mol. The van der Waals surface area contributed by atoms with E-state index >= 15 is 0 Å². The van der Waals surface area contributed by atoms with Gasteiger partial charge in [0.15, 0.2) is 4.90 Å². The number of para-hydroxylation sites is 1. The predicted octanol–water partition coefficient (Wildman–Crippen LogP) is 0.429. The van der Waals surface area contributed by atoms with Gasteiger partial charge in [0.1, 0.15) is 11.1 Å². The number of carbonyl (C=O) groups is 2. The Morgan fingerprint density at radius 1 is 1.46 bits per heavy atom. The summed E-state index contributed by atoms with van der Waals surface area (Å²) in [6, 6.07) is 4.75. The first-order chi connectivity index (χ1) is 12.9. The first-order valence-corrected chi connectivity index (χ1v) is 9.52. The third-order valence-electron chi connectivity index (χ3n) is 4.53. The summed E-state index contributed by atoms with van der Waals surface area (Å²) in [5.41, 5.74) is -3.68. The van der Waals surface area contributed by atoms with Crippen LogP contribution in [-0.4, -0.2) is 54.8 Å². The molecule has 0 aromatic heterocycles. The zero-order valence-electron chi connectivity index (χ0n) is 15.5. The number of nitrogens with one attached hydrogen (secondary N) is 1. The molecule has 1 saturated heterocycles. The van der Waals surface area contributed by atoms with Crippen LogP contribution in [0.25, 0.3) is 0 Å². The topological polar surface area (TPSA) is 136 Å². The number of hydrogen-bond acceptors (Lipinski definition) is 7. The summed E-state index contributed by atoms with van der Waals surface area (Å²) in [4.78, 5) is 35.6. The van der Waals surface area contributed by atoms with E-state index in [0.717, 1.165) is 17.0 Å². The lowest BCUT2D eigenvalue weighted by atomic mass is 9.82. The molecule has 1 aliphatic heterocycles. The standard InChI is InChI=1S/C17H19N3O7S/c1-5-10-17(11-19(14(17)21)16(2,3)15(22)27-4)18-28(25,26)13-9-7-6-8-12(13)20(23)24/h1,6-9,18H,10-11H2,2-4H3/t17-/m0/s1. The van der Waals surface area contributed by atoms with Crippen LogP contribution in [0.2, 0.25) is 0 Å². The smallest absolute Gasteiger partial charge is 0.331 e. The van der Waals surface area contributed by atoms with E-state index in [4.69, 9.17) is 6.42 Å². The lowest BCUT2D eigenvalue weighted by Gasteiger charge is -2.53. The summed E-state index contributed by atoms with van der Waals surface area (Å²) in [7, 11) is -3.29. The number of sulfonamides is 1. The number of amides is 1. The molecule has 0 aliphatic carbocycles. The van der Waals surface area contributed by atoms with Crippen molar-refractivity contribution in [1.82, 2.24) is 9.62 Å². The molecule has 1 aromatic rings. The number of likely N-dealkylation sites (tertiary alicyclic amines) is 1. The van der Waals surface area contributed by atoms with E-state index in [1.54, 1.807) is 0 Å². The largest absolute Gasteiger partial charge is 0.467 e. The minimum Gasteiger partial charge on any atom is -0.467 e. The molecule has 11 heteroatoms. The molecule has 1 heterocycles. The van der Waals surface area contributed by atoms with E-state index in [2.05, 4.69) is 15.4 Å². The van der Waals surface area contributed by atoms with Crippen molar-refractivity contribution in [2.24, 2.45) is 0 Å². The number of benzene rings is 1. The van der Waals surface area contributed by atoms with Crippen LogP contribution in [0.1, 0.15) is 20.3 Å². The van der Waals surface area contributed by atoms with Gasteiger partial charge in [-0.2, -0.15) is 4.72 Å². The maximum absolute atomic E-state index is 12.8. The van der Waals surface area contributed by atoms with E-state index in [1.165, 1.54) is 33.1 Å². The number of nitro groups is 1. The summed E-state index contributed by atoms with van der Waals surface area (Å²) in [6.07, 6.45) is 5.01. The monoisotopic (exact) mass is 409 g/mol. The van der Waals surface area contributed by atoms with Crippen molar-refractivity contribution in [3.05, 3.63) is 34.4 Å². The molecule has 0 radical (unpaired) electrons. The van der Waals surface area contributed by atoms with E-state index in [0.29, 0.717) is 0 Å². The lowest BCUT2D eigenvalue weighted by molar-refractivity contribution is -0.387. The Hall–Kier alpha value is -2.97. The minimum atomic E-state index is -4.46. The van der Waals surface area contributed by atoms with Crippen LogP contribution < -0.4 is 4.72 Å². The highest BCUT2D eigenvalue weighted by atomic mass is 32.2. The maximum atomic E-state index is 12.8. The van der Waals surface area contributed by atoms with Crippen molar-refractivity contribution in [2.75, 3.05) is 13.7 Å². The number of carbonyl (C=O) groups excluding carboxylic acids is 2. The highest BCUT2D eigenvalue weighted by molar-refractivity contribution is 7.89. The second-order valence-corrected chi connectivity index (χ2v) is 8.39. The van der Waals surface area contributed by atoms with Gasteiger partial charge in [0.2, 0.25) is 15.9 Å². The Morgan fingerprint density at radius 3 is 2.57 bits per heavy atom. The van der Waals surface area contributed by atoms with Gasteiger partial charge in [-0.25, -0.2) is 13.2 Å². The molecule has 2 rings (SSSR count). The maximum Gasteiger partial charge on any atom is 0.331 e. The second kappa shape index (κ2) is 7.21. The molecule has 1 amide bonds. The Balaban J connectivity index is 2.40. The summed E-state index contributed by atoms with van der Waals surface area (Å²) in [5, 5.41) is 11.2. The van der Waals surface area contributed by atoms with Crippen LogP contribution in [0.3, 0.4) is 0 Å². The fourth-order valence-electron chi connectivity index (χ4n) is 2.95. The van der Waals surface area contributed by atoms with E-state index in [1.807, 2.05) is 0 Å². The zero-order valence-corrected chi connectivity index (χ0v) is 16.3. The Kier molecular flexibility index (Phi) is 5.50. The van der Waals surface area contributed by atoms with Gasteiger partial charge < -0.3 is 9.64 Å². The number of rotatable bonds is 7. The highest BCUT2D eigenvalue weighted by Gasteiger charge is 2.60. The Bertz CT molecular complexity index is 981. The SMILES string of the molecule is C#CC[C@]1(NS(=O)(=O)c2ccccc2[N+](=O)[O-])CN(C(C)(C)C(=O)OC)C1=O. The van der Waals surface area contributed by atoms with Crippen LogP contribution in [0, 0.1) is 22.5 Å². The number of ether oxygens (including phenoxy) is 1. The lowest BCUT2D eigenvalue weighted by Crippen LogP contribution is -2.78. The van der Waals surface area contributed by atoms with Crippen LogP contribution >= 0.6 is 0 Å². The number of esters is 1. The molecule has 1 fully saturated rings. The average Bonchev–Trinajstić information content (AvgIpc) is 2.64. The molecule has 0 bridgehead atoms. The summed E-state index contributed by atoms with van der Waals surface area (Å²) in [5.74, 6) is 0.840. The predicted molar refractivity (Wildman–Crippen MR) is 97.4 cm³/mol. The number of β-lactam (4-membered cyclic amide) rings is 1. The molecule has 150 valence electrons. The number of terminal acetylenes is 1. The van der Waals surface area contributed by atoms with Crippen molar-refractivity contribution in [3.63, 3.8) is 0 Å². The van der Waals surface area contributed by atoms with Gasteiger partial charge in [-0.05, 0) is 19.9 Å². The van der Waals surface area contributed by atoms with Crippen molar-refractivity contribution in [3.8, 4) is 12.3 Å². The van der Waals surface area contributed by atoms with Crippen molar-refractivity contribution >= 4 is 27.6 Å². The van der Waals surface area contributed by atoms with Crippen LogP contribution in [0.15, 0.2) is 29.2 Å². The zero-order chi connectivity index (χ0) is 21.3. The fraction of sp³-hybridized carbons (Fsp3) is 0.412. The molecule has 1 atom stereocenters. The van der Waals surface area contributed by atoms with E-state index < -0.39 is 48.5 Å². The number of hydrogen-bond donors (Lipinski definition) is 1. The first kappa shape index (κ1) is 21.3. The van der Waals surface area contributed by atoms with Crippen LogP contribution in [-0.2, 0) is 24.3 Å². The third-order valence-corrected chi connectivity index (χ3v) is 6.11. The molecule has 10 nitrogen and oxygen atoms in total. The van der Waals surface area contributed by atoms with Gasteiger partial charge in [-0.3, -0.25) is 14.9 Å². The molecule has 1 aromatic carbocycles. The van der Waals surface area contributed by atoms with Gasteiger partial charge in [0.25, 0.3) is 5.69 Å². The molecule has 0 unspecified atom stereocenters. The van der Waals surface area contributed by atoms with Crippen molar-refractivity contribution < 1.29 is 27.7 Å². The molecule has 28 heavy (non-hydrogen) atoms.